The van der Waals surface area contributed by atoms with Gasteiger partial charge in [-0.15, -0.1) is 0 Å². The van der Waals surface area contributed by atoms with E-state index < -0.39 is 17.5 Å². The van der Waals surface area contributed by atoms with Crippen LogP contribution >= 0.6 is 0 Å². The molecule has 0 aromatic rings. The van der Waals surface area contributed by atoms with Crippen molar-refractivity contribution in [3.05, 3.63) is 0 Å². The average Bonchev–Trinajstić information content (AvgIpc) is 1.99. The molecule has 0 fully saturated rings. The molecule has 13 heavy (non-hydrogen) atoms. The summed E-state index contributed by atoms with van der Waals surface area (Å²) < 4.78 is 0. The van der Waals surface area contributed by atoms with E-state index in [2.05, 4.69) is 10.6 Å². The molecular weight excluding hydrogens is 172 g/mol. The first kappa shape index (κ1) is 11.7. The number of urea groups is 1. The molecule has 0 saturated carbocycles. The summed E-state index contributed by atoms with van der Waals surface area (Å²) in [7, 11) is 0. The summed E-state index contributed by atoms with van der Waals surface area (Å²) in [5.74, 6) is -1.06. The Bertz CT molecular complexity index is 202. The fourth-order valence-electron chi connectivity index (χ4n) is 0.620. The topological polar surface area (TPSA) is 78.4 Å². The van der Waals surface area contributed by atoms with Crippen molar-refractivity contribution in [2.75, 3.05) is 6.54 Å². The Kier molecular flexibility index (Phi) is 4.23. The molecule has 0 aromatic carbocycles. The molecule has 0 aliphatic carbocycles. The Labute approximate surface area is 77.5 Å². The first-order chi connectivity index (χ1) is 5.90. The van der Waals surface area contributed by atoms with E-state index in [-0.39, 0.29) is 0 Å². The van der Waals surface area contributed by atoms with Gasteiger partial charge in [-0.3, -0.25) is 0 Å². The van der Waals surface area contributed by atoms with Gasteiger partial charge in [0.25, 0.3) is 0 Å². The fourth-order valence-corrected chi connectivity index (χ4v) is 0.620. The Morgan fingerprint density at radius 1 is 1.38 bits per heavy atom. The van der Waals surface area contributed by atoms with Crippen molar-refractivity contribution in [3.8, 4) is 0 Å². The normalized spacial score (nSPS) is 10.7. The molecule has 0 aliphatic rings. The van der Waals surface area contributed by atoms with Crippen LogP contribution in [0.2, 0.25) is 0 Å². The van der Waals surface area contributed by atoms with Crippen molar-refractivity contribution in [3.63, 3.8) is 0 Å². The Morgan fingerprint density at radius 2 is 1.92 bits per heavy atom. The first-order valence-electron chi connectivity index (χ1n) is 4.19. The molecule has 2 amide bonds. The zero-order valence-electron chi connectivity index (χ0n) is 8.18. The highest BCUT2D eigenvalue weighted by atomic mass is 16.4. The molecule has 5 nitrogen and oxygen atoms in total. The molecule has 0 unspecified atom stereocenters. The molecule has 0 aliphatic heterocycles. The smallest absolute Gasteiger partial charge is 0.328 e. The van der Waals surface area contributed by atoms with Crippen LogP contribution < -0.4 is 10.6 Å². The van der Waals surface area contributed by atoms with Crippen molar-refractivity contribution in [2.45, 2.75) is 32.7 Å². The van der Waals surface area contributed by atoms with Crippen LogP contribution in [0.4, 0.5) is 4.79 Å². The van der Waals surface area contributed by atoms with Crippen molar-refractivity contribution < 1.29 is 14.7 Å². The summed E-state index contributed by atoms with van der Waals surface area (Å²) in [5.41, 5.74) is -1.22. The molecule has 5 heteroatoms. The minimum absolute atomic E-state index is 0.450. The van der Waals surface area contributed by atoms with E-state index in [1.807, 2.05) is 6.92 Å². The van der Waals surface area contributed by atoms with Crippen LogP contribution in [0, 0.1) is 0 Å². The third-order valence-electron chi connectivity index (χ3n) is 1.50. The number of hydrogen-bond acceptors (Lipinski definition) is 2. The predicted molar refractivity (Wildman–Crippen MR) is 48.5 cm³/mol. The zero-order chi connectivity index (χ0) is 10.5. The maximum Gasteiger partial charge on any atom is 0.328 e. The van der Waals surface area contributed by atoms with Crippen LogP contribution in [-0.2, 0) is 4.79 Å². The molecule has 3 N–H and O–H groups in total. The molecular formula is C8H16N2O3. The van der Waals surface area contributed by atoms with Crippen LogP contribution in [0.5, 0.6) is 0 Å². The lowest BCUT2D eigenvalue weighted by Gasteiger charge is -2.20. The fraction of sp³-hybridized carbons (Fsp3) is 0.750. The van der Waals surface area contributed by atoms with Gasteiger partial charge < -0.3 is 15.7 Å². The minimum Gasteiger partial charge on any atom is -0.480 e. The van der Waals surface area contributed by atoms with Crippen molar-refractivity contribution in [1.82, 2.24) is 10.6 Å². The van der Waals surface area contributed by atoms with E-state index in [0.717, 1.165) is 6.42 Å². The van der Waals surface area contributed by atoms with Crippen LogP contribution in [0.25, 0.3) is 0 Å². The number of hydrogen-bond donors (Lipinski definition) is 3. The second kappa shape index (κ2) is 4.69. The average molecular weight is 188 g/mol. The van der Waals surface area contributed by atoms with Gasteiger partial charge in [0.05, 0.1) is 0 Å². The molecule has 0 aromatic heterocycles. The minimum atomic E-state index is -1.22. The van der Waals surface area contributed by atoms with Crippen LogP contribution in [0.15, 0.2) is 0 Å². The SMILES string of the molecule is CCCNC(=O)NC(C)(C)C(=O)O. The molecule has 0 atom stereocenters. The van der Waals surface area contributed by atoms with Gasteiger partial charge in [-0.05, 0) is 20.3 Å². The van der Waals surface area contributed by atoms with Gasteiger partial charge in [-0.2, -0.15) is 0 Å². The number of aliphatic carboxylic acids is 1. The number of carbonyl (C=O) groups is 2. The van der Waals surface area contributed by atoms with Crippen molar-refractivity contribution >= 4 is 12.0 Å². The Balaban J connectivity index is 3.97. The van der Waals surface area contributed by atoms with Crippen molar-refractivity contribution in [1.29, 1.82) is 0 Å². The number of rotatable bonds is 4. The zero-order valence-corrected chi connectivity index (χ0v) is 8.18. The van der Waals surface area contributed by atoms with E-state index in [0.29, 0.717) is 6.54 Å². The maximum atomic E-state index is 11.0. The lowest BCUT2D eigenvalue weighted by atomic mass is 10.1. The third kappa shape index (κ3) is 4.35. The first-order valence-corrected chi connectivity index (χ1v) is 4.19. The van der Waals surface area contributed by atoms with Crippen LogP contribution in [0.1, 0.15) is 27.2 Å². The molecule has 0 spiro atoms. The van der Waals surface area contributed by atoms with E-state index in [1.54, 1.807) is 0 Å². The van der Waals surface area contributed by atoms with Crippen LogP contribution in [-0.4, -0.2) is 29.2 Å². The third-order valence-corrected chi connectivity index (χ3v) is 1.50. The predicted octanol–water partition coefficient (Wildman–Crippen LogP) is 0.559. The summed E-state index contributed by atoms with van der Waals surface area (Å²) >= 11 is 0. The second-order valence-electron chi connectivity index (χ2n) is 3.31. The second-order valence-corrected chi connectivity index (χ2v) is 3.31. The summed E-state index contributed by atoms with van der Waals surface area (Å²) in [6, 6.07) is -0.450. The lowest BCUT2D eigenvalue weighted by Crippen LogP contribution is -2.53. The molecule has 0 radical (unpaired) electrons. The molecule has 0 rings (SSSR count). The monoisotopic (exact) mass is 188 g/mol. The van der Waals surface area contributed by atoms with E-state index in [1.165, 1.54) is 13.8 Å². The highest BCUT2D eigenvalue weighted by molar-refractivity contribution is 5.85. The quantitative estimate of drug-likeness (QED) is 0.603. The summed E-state index contributed by atoms with van der Waals surface area (Å²) in [6.07, 6.45) is 0.820. The Hall–Kier alpha value is -1.26. The maximum absolute atomic E-state index is 11.0. The standard InChI is InChI=1S/C8H16N2O3/c1-4-5-9-7(13)10-8(2,3)6(11)12/h4-5H2,1-3H3,(H,11,12)(H2,9,10,13). The number of amides is 2. The van der Waals surface area contributed by atoms with E-state index in [9.17, 15) is 9.59 Å². The van der Waals surface area contributed by atoms with Crippen LogP contribution in [0.3, 0.4) is 0 Å². The van der Waals surface area contributed by atoms with E-state index >= 15 is 0 Å². The summed E-state index contributed by atoms with van der Waals surface area (Å²) in [6.45, 7) is 5.33. The highest BCUT2D eigenvalue weighted by Crippen LogP contribution is 2.00. The highest BCUT2D eigenvalue weighted by Gasteiger charge is 2.28. The number of carbonyl (C=O) groups excluding carboxylic acids is 1. The van der Waals surface area contributed by atoms with Crippen molar-refractivity contribution in [2.24, 2.45) is 0 Å². The molecule has 76 valence electrons. The van der Waals surface area contributed by atoms with E-state index in [4.69, 9.17) is 5.11 Å². The molecule has 0 bridgehead atoms. The molecule has 0 heterocycles. The summed E-state index contributed by atoms with van der Waals surface area (Å²) in [5, 5.41) is 13.5. The van der Waals surface area contributed by atoms with Gasteiger partial charge in [-0.1, -0.05) is 6.92 Å². The lowest BCUT2D eigenvalue weighted by molar-refractivity contribution is -0.142. The van der Waals surface area contributed by atoms with Gasteiger partial charge in [0.2, 0.25) is 0 Å². The number of carboxylic acids is 1. The summed E-state index contributed by atoms with van der Waals surface area (Å²) in [4.78, 5) is 21.6. The van der Waals surface area contributed by atoms with Gasteiger partial charge in [0.15, 0.2) is 0 Å². The van der Waals surface area contributed by atoms with Gasteiger partial charge >= 0.3 is 12.0 Å². The molecule has 0 saturated heterocycles. The largest absolute Gasteiger partial charge is 0.480 e. The van der Waals surface area contributed by atoms with Gasteiger partial charge in [0, 0.05) is 6.54 Å². The van der Waals surface area contributed by atoms with Gasteiger partial charge in [0.1, 0.15) is 5.54 Å². The van der Waals surface area contributed by atoms with Gasteiger partial charge in [-0.25, -0.2) is 9.59 Å². The number of carboxylic acid groups (broad SMARTS) is 1. The number of nitrogens with one attached hydrogen (secondary N) is 2. The Morgan fingerprint density at radius 3 is 2.31 bits per heavy atom.